The van der Waals surface area contributed by atoms with Gasteiger partial charge in [0.25, 0.3) is 5.91 Å². The number of amides is 2. The normalized spacial score (nSPS) is 20.1. The van der Waals surface area contributed by atoms with Gasteiger partial charge in [-0.2, -0.15) is 0 Å². The number of halogens is 1. The standard InChI is InChI=1S/C17H22ClN3O2/c1-12(14-10-19-11-14)16(22)20-5-7-21(8-6-20)17(23)13-3-2-4-15(18)9-13/h2-4,9,12,14,19H,5-8,10-11H2,1H3. The van der Waals surface area contributed by atoms with E-state index < -0.39 is 0 Å². The second-order valence-electron chi connectivity index (χ2n) is 6.33. The summed E-state index contributed by atoms with van der Waals surface area (Å²) in [6, 6.07) is 7.00. The average molecular weight is 336 g/mol. The predicted molar refractivity (Wildman–Crippen MR) is 89.5 cm³/mol. The van der Waals surface area contributed by atoms with Gasteiger partial charge in [-0.05, 0) is 37.2 Å². The highest BCUT2D eigenvalue weighted by atomic mass is 35.5. The van der Waals surface area contributed by atoms with E-state index in [9.17, 15) is 9.59 Å². The van der Waals surface area contributed by atoms with Gasteiger partial charge in [0.05, 0.1) is 0 Å². The van der Waals surface area contributed by atoms with Crippen molar-refractivity contribution >= 4 is 23.4 Å². The lowest BCUT2D eigenvalue weighted by Gasteiger charge is -2.39. The molecular formula is C17H22ClN3O2. The molecule has 1 atom stereocenters. The van der Waals surface area contributed by atoms with Crippen LogP contribution in [0.2, 0.25) is 5.02 Å². The molecule has 0 saturated carbocycles. The lowest BCUT2D eigenvalue weighted by Crippen LogP contribution is -2.55. The van der Waals surface area contributed by atoms with Crippen molar-refractivity contribution in [2.24, 2.45) is 11.8 Å². The molecule has 0 spiro atoms. The van der Waals surface area contributed by atoms with Gasteiger partial charge >= 0.3 is 0 Å². The van der Waals surface area contributed by atoms with Gasteiger partial charge in [0, 0.05) is 42.7 Å². The molecule has 2 heterocycles. The van der Waals surface area contributed by atoms with Crippen molar-refractivity contribution in [2.45, 2.75) is 6.92 Å². The number of hydrogen-bond acceptors (Lipinski definition) is 3. The summed E-state index contributed by atoms with van der Waals surface area (Å²) >= 11 is 5.95. The van der Waals surface area contributed by atoms with Crippen LogP contribution in [0.3, 0.4) is 0 Å². The summed E-state index contributed by atoms with van der Waals surface area (Å²) < 4.78 is 0. The maximum absolute atomic E-state index is 12.5. The molecule has 1 aromatic carbocycles. The lowest BCUT2D eigenvalue weighted by molar-refractivity contribution is -0.138. The molecule has 0 radical (unpaired) electrons. The van der Waals surface area contributed by atoms with Crippen molar-refractivity contribution in [3.63, 3.8) is 0 Å². The Balaban J connectivity index is 1.55. The minimum atomic E-state index is -0.0177. The molecule has 0 bridgehead atoms. The van der Waals surface area contributed by atoms with Crippen molar-refractivity contribution in [2.75, 3.05) is 39.3 Å². The summed E-state index contributed by atoms with van der Waals surface area (Å²) in [4.78, 5) is 28.7. The zero-order chi connectivity index (χ0) is 16.4. The predicted octanol–water partition coefficient (Wildman–Crippen LogP) is 1.48. The molecule has 0 aliphatic carbocycles. The average Bonchev–Trinajstić information content (AvgIpc) is 2.52. The van der Waals surface area contributed by atoms with E-state index in [0.29, 0.717) is 42.7 Å². The van der Waals surface area contributed by atoms with Gasteiger partial charge in [-0.25, -0.2) is 0 Å². The molecule has 2 fully saturated rings. The first-order chi connectivity index (χ1) is 11.1. The topological polar surface area (TPSA) is 52.7 Å². The fraction of sp³-hybridized carbons (Fsp3) is 0.529. The highest BCUT2D eigenvalue weighted by Gasteiger charge is 2.33. The van der Waals surface area contributed by atoms with Crippen LogP contribution in [0.25, 0.3) is 0 Å². The van der Waals surface area contributed by atoms with E-state index >= 15 is 0 Å². The van der Waals surface area contributed by atoms with Gasteiger partial charge in [0.1, 0.15) is 0 Å². The number of nitrogens with zero attached hydrogens (tertiary/aromatic N) is 2. The van der Waals surface area contributed by atoms with Crippen molar-refractivity contribution < 1.29 is 9.59 Å². The molecular weight excluding hydrogens is 314 g/mol. The fourth-order valence-electron chi connectivity index (χ4n) is 3.09. The lowest BCUT2D eigenvalue weighted by atomic mass is 9.88. The molecule has 1 unspecified atom stereocenters. The number of benzene rings is 1. The van der Waals surface area contributed by atoms with Crippen LogP contribution in [-0.2, 0) is 4.79 Å². The molecule has 2 saturated heterocycles. The smallest absolute Gasteiger partial charge is 0.254 e. The molecule has 0 aromatic heterocycles. The molecule has 6 heteroatoms. The zero-order valence-electron chi connectivity index (χ0n) is 13.3. The molecule has 2 aliphatic heterocycles. The molecule has 124 valence electrons. The second kappa shape index (κ2) is 6.89. The Morgan fingerprint density at radius 3 is 2.39 bits per heavy atom. The van der Waals surface area contributed by atoms with Crippen LogP contribution in [0.15, 0.2) is 24.3 Å². The molecule has 23 heavy (non-hydrogen) atoms. The van der Waals surface area contributed by atoms with Crippen molar-refractivity contribution in [1.82, 2.24) is 15.1 Å². The van der Waals surface area contributed by atoms with Crippen LogP contribution in [0.4, 0.5) is 0 Å². The van der Waals surface area contributed by atoms with Gasteiger partial charge < -0.3 is 15.1 Å². The van der Waals surface area contributed by atoms with E-state index in [-0.39, 0.29) is 17.7 Å². The van der Waals surface area contributed by atoms with Crippen molar-refractivity contribution in [3.8, 4) is 0 Å². The van der Waals surface area contributed by atoms with E-state index in [1.54, 1.807) is 29.2 Å². The van der Waals surface area contributed by atoms with Gasteiger partial charge in [-0.1, -0.05) is 24.6 Å². The summed E-state index contributed by atoms with van der Waals surface area (Å²) in [5.74, 6) is 0.710. The van der Waals surface area contributed by atoms with Crippen molar-refractivity contribution in [1.29, 1.82) is 0 Å². The first-order valence-electron chi connectivity index (χ1n) is 8.10. The van der Waals surface area contributed by atoms with E-state index in [4.69, 9.17) is 11.6 Å². The van der Waals surface area contributed by atoms with Crippen molar-refractivity contribution in [3.05, 3.63) is 34.9 Å². The number of carbonyl (C=O) groups excluding carboxylic acids is 2. The third-order valence-electron chi connectivity index (χ3n) is 4.86. The summed E-state index contributed by atoms with van der Waals surface area (Å²) in [5.41, 5.74) is 0.603. The number of hydrogen-bond donors (Lipinski definition) is 1. The minimum absolute atomic E-state index is 0.0177. The van der Waals surface area contributed by atoms with Gasteiger partial charge in [0.2, 0.25) is 5.91 Å². The Kier molecular flexibility index (Phi) is 4.87. The summed E-state index contributed by atoms with van der Waals surface area (Å²) in [6.45, 7) is 6.24. The number of piperazine rings is 1. The summed E-state index contributed by atoms with van der Waals surface area (Å²) in [5, 5.41) is 3.77. The van der Waals surface area contributed by atoms with Gasteiger partial charge in [-0.15, -0.1) is 0 Å². The van der Waals surface area contributed by atoms with E-state index in [1.165, 1.54) is 0 Å². The third-order valence-corrected chi connectivity index (χ3v) is 5.09. The van der Waals surface area contributed by atoms with Crippen LogP contribution < -0.4 is 5.32 Å². The van der Waals surface area contributed by atoms with Gasteiger partial charge in [0.15, 0.2) is 0 Å². The molecule has 1 aromatic rings. The number of nitrogens with one attached hydrogen (secondary N) is 1. The summed E-state index contributed by atoms with van der Waals surface area (Å²) in [7, 11) is 0. The summed E-state index contributed by atoms with van der Waals surface area (Å²) in [6.07, 6.45) is 0. The Morgan fingerprint density at radius 1 is 1.17 bits per heavy atom. The molecule has 5 nitrogen and oxygen atoms in total. The van der Waals surface area contributed by atoms with E-state index in [1.807, 2.05) is 11.8 Å². The SMILES string of the molecule is CC(C(=O)N1CCN(C(=O)c2cccc(Cl)c2)CC1)C1CNC1. The molecule has 1 N–H and O–H groups in total. The largest absolute Gasteiger partial charge is 0.339 e. The monoisotopic (exact) mass is 335 g/mol. The highest BCUT2D eigenvalue weighted by molar-refractivity contribution is 6.30. The van der Waals surface area contributed by atoms with Gasteiger partial charge in [-0.3, -0.25) is 9.59 Å². The third kappa shape index (κ3) is 3.51. The van der Waals surface area contributed by atoms with Crippen LogP contribution in [-0.4, -0.2) is 60.9 Å². The maximum Gasteiger partial charge on any atom is 0.254 e. The Hall–Kier alpha value is -1.59. The Bertz CT molecular complexity index is 595. The first-order valence-corrected chi connectivity index (χ1v) is 8.48. The minimum Gasteiger partial charge on any atom is -0.339 e. The Labute approximate surface area is 141 Å². The maximum atomic E-state index is 12.5. The molecule has 2 aliphatic rings. The molecule has 2 amide bonds. The first kappa shape index (κ1) is 16.3. The highest BCUT2D eigenvalue weighted by Crippen LogP contribution is 2.20. The van der Waals surface area contributed by atoms with Crippen LogP contribution in [0, 0.1) is 11.8 Å². The fourth-order valence-corrected chi connectivity index (χ4v) is 3.28. The Morgan fingerprint density at radius 2 is 1.83 bits per heavy atom. The second-order valence-corrected chi connectivity index (χ2v) is 6.77. The number of carbonyl (C=O) groups is 2. The number of rotatable bonds is 3. The zero-order valence-corrected chi connectivity index (χ0v) is 14.1. The van der Waals surface area contributed by atoms with Crippen LogP contribution >= 0.6 is 11.6 Å². The van der Waals surface area contributed by atoms with E-state index in [2.05, 4.69) is 5.32 Å². The molecule has 3 rings (SSSR count). The van der Waals surface area contributed by atoms with E-state index in [0.717, 1.165) is 13.1 Å². The van der Waals surface area contributed by atoms with Crippen LogP contribution in [0.5, 0.6) is 0 Å². The quantitative estimate of drug-likeness (QED) is 0.910. The van der Waals surface area contributed by atoms with Crippen LogP contribution in [0.1, 0.15) is 17.3 Å².